The molecule has 35 heavy (non-hydrogen) atoms. The van der Waals surface area contributed by atoms with Gasteiger partial charge in [-0.05, 0) is 49.7 Å². The van der Waals surface area contributed by atoms with Gasteiger partial charge in [-0.1, -0.05) is 42.0 Å². The molecule has 0 radical (unpaired) electrons. The third-order valence-corrected chi connectivity index (χ3v) is 6.09. The van der Waals surface area contributed by atoms with E-state index in [1.807, 2.05) is 31.2 Å². The van der Waals surface area contributed by atoms with E-state index in [0.29, 0.717) is 23.7 Å². The van der Waals surface area contributed by atoms with Crippen molar-refractivity contribution in [3.05, 3.63) is 89.0 Å². The number of fused-ring (bicyclic) bond motifs is 2. The first-order valence-electron chi connectivity index (χ1n) is 11.2. The number of nitrogens with one attached hydrogen (secondary N) is 1. The number of carbonyl (C=O) groups is 4. The lowest BCUT2D eigenvalue weighted by Gasteiger charge is -2.33. The third-order valence-electron chi connectivity index (χ3n) is 6.09. The molecule has 176 valence electrons. The topological polar surface area (TPSA) is 96.0 Å². The fourth-order valence-corrected chi connectivity index (χ4v) is 4.25. The molecule has 0 aromatic heterocycles. The second-order valence-electron chi connectivity index (χ2n) is 8.64. The van der Waals surface area contributed by atoms with Crippen LogP contribution in [-0.2, 0) is 16.1 Å². The third kappa shape index (κ3) is 4.14. The number of hydrogen-bond acceptors (Lipinski definition) is 5. The summed E-state index contributed by atoms with van der Waals surface area (Å²) in [6.07, 6.45) is -0.637. The summed E-state index contributed by atoms with van der Waals surface area (Å²) < 4.78 is 5.76. The monoisotopic (exact) mass is 469 g/mol. The molecule has 0 bridgehead atoms. The molecule has 8 heteroatoms. The molecule has 2 heterocycles. The number of ether oxygens (including phenoxy) is 1. The summed E-state index contributed by atoms with van der Waals surface area (Å²) in [7, 11) is 0. The van der Waals surface area contributed by atoms with Gasteiger partial charge in [0.25, 0.3) is 17.7 Å². The summed E-state index contributed by atoms with van der Waals surface area (Å²) in [4.78, 5) is 53.3. The van der Waals surface area contributed by atoms with E-state index in [1.165, 1.54) is 0 Å². The standard InChI is InChI=1S/C27H23N3O5/c1-16-7-9-18(10-8-16)14-29-22-13-19(11-12-23(22)35-17(2)25(29)32)28-24(31)15-30-26(33)20-5-3-4-6-21(20)27(30)34/h3-13,17H,14-15H2,1-2H3,(H,28,31). The highest BCUT2D eigenvalue weighted by atomic mass is 16.5. The zero-order valence-electron chi connectivity index (χ0n) is 19.3. The van der Waals surface area contributed by atoms with E-state index in [-0.39, 0.29) is 17.0 Å². The number of nitrogens with zero attached hydrogens (tertiary/aromatic N) is 2. The Morgan fingerprint density at radius 2 is 1.57 bits per heavy atom. The molecular weight excluding hydrogens is 446 g/mol. The summed E-state index contributed by atoms with van der Waals surface area (Å²) in [6, 6.07) is 19.4. The predicted octanol–water partition coefficient (Wildman–Crippen LogP) is 3.54. The Hall–Kier alpha value is -4.46. The summed E-state index contributed by atoms with van der Waals surface area (Å²) in [5, 5.41) is 2.73. The van der Waals surface area contributed by atoms with E-state index >= 15 is 0 Å². The first kappa shape index (κ1) is 22.3. The molecule has 0 aliphatic carbocycles. The van der Waals surface area contributed by atoms with Crippen LogP contribution in [0, 0.1) is 6.92 Å². The molecule has 1 unspecified atom stereocenters. The maximum atomic E-state index is 12.9. The summed E-state index contributed by atoms with van der Waals surface area (Å²) >= 11 is 0. The molecule has 3 aromatic rings. The van der Waals surface area contributed by atoms with Gasteiger partial charge in [-0.15, -0.1) is 0 Å². The summed E-state index contributed by atoms with van der Waals surface area (Å²) in [6.45, 7) is 3.64. The molecule has 0 saturated heterocycles. The summed E-state index contributed by atoms with van der Waals surface area (Å²) in [5.74, 6) is -1.18. The van der Waals surface area contributed by atoms with Crippen LogP contribution < -0.4 is 15.0 Å². The van der Waals surface area contributed by atoms with Crippen LogP contribution in [0.25, 0.3) is 0 Å². The van der Waals surface area contributed by atoms with E-state index < -0.39 is 30.4 Å². The minimum Gasteiger partial charge on any atom is -0.479 e. The lowest BCUT2D eigenvalue weighted by Crippen LogP contribution is -2.44. The van der Waals surface area contributed by atoms with Gasteiger partial charge in [-0.3, -0.25) is 24.1 Å². The second kappa shape index (κ2) is 8.72. The van der Waals surface area contributed by atoms with E-state index in [9.17, 15) is 19.2 Å². The number of aryl methyl sites for hydroxylation is 1. The number of rotatable bonds is 5. The maximum Gasteiger partial charge on any atom is 0.268 e. The van der Waals surface area contributed by atoms with Gasteiger partial charge >= 0.3 is 0 Å². The van der Waals surface area contributed by atoms with Crippen molar-refractivity contribution in [3.8, 4) is 5.75 Å². The molecule has 2 aliphatic heterocycles. The van der Waals surface area contributed by atoms with Crippen LogP contribution in [0.15, 0.2) is 66.7 Å². The number of amides is 4. The number of benzene rings is 3. The average Bonchev–Trinajstić information content (AvgIpc) is 3.08. The Labute approximate surface area is 202 Å². The smallest absolute Gasteiger partial charge is 0.268 e. The highest BCUT2D eigenvalue weighted by Crippen LogP contribution is 2.37. The van der Waals surface area contributed by atoms with Gasteiger partial charge in [0.1, 0.15) is 12.3 Å². The van der Waals surface area contributed by atoms with Crippen LogP contribution in [0.1, 0.15) is 38.8 Å². The van der Waals surface area contributed by atoms with Crippen molar-refractivity contribution in [1.29, 1.82) is 0 Å². The van der Waals surface area contributed by atoms with Crippen LogP contribution >= 0.6 is 0 Å². The largest absolute Gasteiger partial charge is 0.479 e. The number of hydrogen-bond donors (Lipinski definition) is 1. The Bertz CT molecular complexity index is 1330. The van der Waals surface area contributed by atoms with Crippen molar-refractivity contribution in [2.24, 2.45) is 0 Å². The van der Waals surface area contributed by atoms with Crippen molar-refractivity contribution in [2.75, 3.05) is 16.8 Å². The fraction of sp³-hybridized carbons (Fsp3) is 0.185. The van der Waals surface area contributed by atoms with Crippen molar-refractivity contribution < 1.29 is 23.9 Å². The quantitative estimate of drug-likeness (QED) is 0.577. The fourth-order valence-electron chi connectivity index (χ4n) is 4.25. The molecule has 5 rings (SSSR count). The van der Waals surface area contributed by atoms with E-state index in [1.54, 1.807) is 54.3 Å². The SMILES string of the molecule is Cc1ccc(CN2C(=O)C(C)Oc3ccc(NC(=O)CN4C(=O)c5ccccc5C4=O)cc32)cc1. The van der Waals surface area contributed by atoms with Gasteiger partial charge in [0, 0.05) is 5.69 Å². The molecule has 8 nitrogen and oxygen atoms in total. The minimum absolute atomic E-state index is 0.187. The van der Waals surface area contributed by atoms with E-state index in [4.69, 9.17) is 4.74 Å². The number of imide groups is 1. The van der Waals surface area contributed by atoms with Crippen molar-refractivity contribution in [1.82, 2.24) is 4.90 Å². The highest BCUT2D eigenvalue weighted by Gasteiger charge is 2.36. The van der Waals surface area contributed by atoms with E-state index in [2.05, 4.69) is 5.32 Å². The molecular formula is C27H23N3O5. The van der Waals surface area contributed by atoms with Gasteiger partial charge < -0.3 is 15.0 Å². The first-order chi connectivity index (χ1) is 16.8. The molecule has 4 amide bonds. The molecule has 3 aromatic carbocycles. The predicted molar refractivity (Wildman–Crippen MR) is 129 cm³/mol. The van der Waals surface area contributed by atoms with Crippen LogP contribution in [0.4, 0.5) is 11.4 Å². The van der Waals surface area contributed by atoms with Crippen molar-refractivity contribution in [3.63, 3.8) is 0 Å². The van der Waals surface area contributed by atoms with E-state index in [0.717, 1.165) is 16.0 Å². The Morgan fingerprint density at radius 3 is 2.23 bits per heavy atom. The van der Waals surface area contributed by atoms with Crippen molar-refractivity contribution >= 4 is 35.0 Å². The Morgan fingerprint density at radius 1 is 0.914 bits per heavy atom. The van der Waals surface area contributed by atoms with Gasteiger partial charge in [0.2, 0.25) is 5.91 Å². The number of carbonyl (C=O) groups excluding carboxylic acids is 4. The maximum absolute atomic E-state index is 12.9. The average molecular weight is 469 g/mol. The van der Waals surface area contributed by atoms with Crippen molar-refractivity contribution in [2.45, 2.75) is 26.5 Å². The summed E-state index contributed by atoms with van der Waals surface area (Å²) in [5.41, 5.74) is 3.62. The highest BCUT2D eigenvalue weighted by molar-refractivity contribution is 6.22. The normalized spacial score (nSPS) is 16.6. The molecule has 1 atom stereocenters. The van der Waals surface area contributed by atoms with Gasteiger partial charge in [-0.25, -0.2) is 0 Å². The molecule has 2 aliphatic rings. The number of anilines is 2. The molecule has 0 spiro atoms. The van der Waals surface area contributed by atoms with Crippen LogP contribution in [0.5, 0.6) is 5.75 Å². The lowest BCUT2D eigenvalue weighted by atomic mass is 10.1. The molecule has 0 fully saturated rings. The zero-order chi connectivity index (χ0) is 24.7. The zero-order valence-corrected chi connectivity index (χ0v) is 19.3. The van der Waals surface area contributed by atoms with Gasteiger partial charge in [-0.2, -0.15) is 0 Å². The molecule has 1 N–H and O–H groups in total. The second-order valence-corrected chi connectivity index (χ2v) is 8.64. The molecule has 0 saturated carbocycles. The van der Waals surface area contributed by atoms with Gasteiger partial charge in [0.05, 0.1) is 23.4 Å². The Kier molecular flexibility index (Phi) is 5.56. The minimum atomic E-state index is -0.637. The lowest BCUT2D eigenvalue weighted by molar-refractivity contribution is -0.125. The van der Waals surface area contributed by atoms with Crippen LogP contribution in [0.2, 0.25) is 0 Å². The van der Waals surface area contributed by atoms with Crippen LogP contribution in [-0.4, -0.2) is 41.2 Å². The first-order valence-corrected chi connectivity index (χ1v) is 11.2. The van der Waals surface area contributed by atoms with Gasteiger partial charge in [0.15, 0.2) is 6.10 Å². The Balaban J connectivity index is 1.35. The van der Waals surface area contributed by atoms with Crippen LogP contribution in [0.3, 0.4) is 0 Å².